The Labute approximate surface area is 111 Å². The summed E-state index contributed by atoms with van der Waals surface area (Å²) in [7, 11) is 0. The number of nitrogens with one attached hydrogen (secondary N) is 3. The van der Waals surface area contributed by atoms with Crippen LogP contribution in [0, 0.1) is 5.82 Å². The number of carbonyl (C=O) groups excluding carboxylic acids is 2. The van der Waals surface area contributed by atoms with E-state index < -0.39 is 18.0 Å². The van der Waals surface area contributed by atoms with Crippen LogP contribution >= 0.6 is 0 Å². The van der Waals surface area contributed by atoms with E-state index in [1.54, 1.807) is 20.8 Å². The molecule has 0 aliphatic carbocycles. The molecule has 6 heteroatoms. The largest absolute Gasteiger partial charge is 0.374 e. The third kappa shape index (κ3) is 5.37. The summed E-state index contributed by atoms with van der Waals surface area (Å²) < 4.78 is 12.7. The van der Waals surface area contributed by atoms with Crippen LogP contribution < -0.4 is 16.0 Å². The van der Waals surface area contributed by atoms with Crippen molar-refractivity contribution >= 4 is 17.6 Å². The first-order chi connectivity index (χ1) is 8.88. The standard InChI is InChI=1S/C13H18FN3O2/c1-8(2)15-13(19)17-12(18)9(3)16-11-6-4-10(14)5-7-11/h4-9,16H,1-3H3,(H2,15,17,18,19)/t9-/m1/s1. The van der Waals surface area contributed by atoms with Gasteiger partial charge in [0.15, 0.2) is 0 Å². The van der Waals surface area contributed by atoms with Gasteiger partial charge in [0.05, 0.1) is 0 Å². The maximum Gasteiger partial charge on any atom is 0.321 e. The summed E-state index contributed by atoms with van der Waals surface area (Å²) in [6.45, 7) is 5.20. The number of rotatable bonds is 4. The van der Waals surface area contributed by atoms with Gasteiger partial charge in [-0.05, 0) is 45.0 Å². The fourth-order valence-electron chi connectivity index (χ4n) is 1.38. The molecule has 0 saturated carbocycles. The fraction of sp³-hybridized carbons (Fsp3) is 0.385. The van der Waals surface area contributed by atoms with Crippen molar-refractivity contribution in [2.75, 3.05) is 5.32 Å². The average Bonchev–Trinajstić information content (AvgIpc) is 2.30. The number of imide groups is 1. The number of halogens is 1. The predicted octanol–water partition coefficient (Wildman–Crippen LogP) is 1.86. The Bertz CT molecular complexity index is 446. The number of amides is 3. The van der Waals surface area contributed by atoms with Crippen LogP contribution in [0.2, 0.25) is 0 Å². The van der Waals surface area contributed by atoms with Crippen LogP contribution in [0.5, 0.6) is 0 Å². The molecule has 5 nitrogen and oxygen atoms in total. The maximum absolute atomic E-state index is 12.7. The van der Waals surface area contributed by atoms with E-state index in [-0.39, 0.29) is 11.9 Å². The lowest BCUT2D eigenvalue weighted by Gasteiger charge is -2.15. The number of benzene rings is 1. The SMILES string of the molecule is CC(C)NC(=O)NC(=O)[C@@H](C)Nc1ccc(F)cc1. The summed E-state index contributed by atoms with van der Waals surface area (Å²) in [6, 6.07) is 4.43. The lowest BCUT2D eigenvalue weighted by atomic mass is 10.2. The Balaban J connectivity index is 2.48. The maximum atomic E-state index is 12.7. The van der Waals surface area contributed by atoms with E-state index in [0.29, 0.717) is 5.69 Å². The van der Waals surface area contributed by atoms with Crippen LogP contribution in [0.1, 0.15) is 20.8 Å². The van der Waals surface area contributed by atoms with E-state index in [0.717, 1.165) is 0 Å². The van der Waals surface area contributed by atoms with Crippen molar-refractivity contribution in [3.63, 3.8) is 0 Å². The first-order valence-electron chi connectivity index (χ1n) is 6.02. The van der Waals surface area contributed by atoms with Crippen molar-refractivity contribution in [2.45, 2.75) is 32.9 Å². The second-order valence-corrected chi connectivity index (χ2v) is 4.49. The Morgan fingerprint density at radius 3 is 2.21 bits per heavy atom. The molecule has 104 valence electrons. The Morgan fingerprint density at radius 2 is 1.68 bits per heavy atom. The van der Waals surface area contributed by atoms with E-state index in [4.69, 9.17) is 0 Å². The van der Waals surface area contributed by atoms with Gasteiger partial charge >= 0.3 is 6.03 Å². The third-order valence-corrected chi connectivity index (χ3v) is 2.28. The minimum atomic E-state index is -0.608. The van der Waals surface area contributed by atoms with Gasteiger partial charge in [-0.3, -0.25) is 10.1 Å². The van der Waals surface area contributed by atoms with Gasteiger partial charge in [-0.2, -0.15) is 0 Å². The summed E-state index contributed by atoms with van der Waals surface area (Å²) in [5.41, 5.74) is 0.605. The first-order valence-corrected chi connectivity index (χ1v) is 6.02. The molecule has 1 aromatic carbocycles. The first kappa shape index (κ1) is 14.9. The molecule has 3 N–H and O–H groups in total. The summed E-state index contributed by atoms with van der Waals surface area (Å²) in [6.07, 6.45) is 0. The van der Waals surface area contributed by atoms with E-state index >= 15 is 0 Å². The fourth-order valence-corrected chi connectivity index (χ4v) is 1.38. The number of urea groups is 1. The molecule has 0 spiro atoms. The number of hydrogen-bond donors (Lipinski definition) is 3. The third-order valence-electron chi connectivity index (χ3n) is 2.28. The molecule has 0 aromatic heterocycles. The Kier molecular flexibility index (Phi) is 5.29. The molecule has 0 aliphatic rings. The Morgan fingerprint density at radius 1 is 1.11 bits per heavy atom. The lowest BCUT2D eigenvalue weighted by Crippen LogP contribution is -2.47. The highest BCUT2D eigenvalue weighted by atomic mass is 19.1. The number of carbonyl (C=O) groups is 2. The van der Waals surface area contributed by atoms with E-state index in [9.17, 15) is 14.0 Å². The molecular formula is C13H18FN3O2. The molecule has 0 radical (unpaired) electrons. The monoisotopic (exact) mass is 267 g/mol. The molecule has 0 fully saturated rings. The summed E-state index contributed by atoms with van der Waals surface area (Å²) in [5, 5.41) is 7.64. The van der Waals surface area contributed by atoms with Crippen molar-refractivity contribution in [3.8, 4) is 0 Å². The lowest BCUT2D eigenvalue weighted by molar-refractivity contribution is -0.120. The predicted molar refractivity (Wildman–Crippen MR) is 71.3 cm³/mol. The van der Waals surface area contributed by atoms with Crippen molar-refractivity contribution in [2.24, 2.45) is 0 Å². The number of anilines is 1. The molecule has 19 heavy (non-hydrogen) atoms. The van der Waals surface area contributed by atoms with Gasteiger partial charge in [-0.1, -0.05) is 0 Å². The van der Waals surface area contributed by atoms with Crippen LogP contribution in [0.4, 0.5) is 14.9 Å². The van der Waals surface area contributed by atoms with E-state index in [2.05, 4.69) is 16.0 Å². The van der Waals surface area contributed by atoms with Gasteiger partial charge < -0.3 is 10.6 Å². The van der Waals surface area contributed by atoms with Gasteiger partial charge in [-0.15, -0.1) is 0 Å². The summed E-state index contributed by atoms with van der Waals surface area (Å²) in [5.74, 6) is -0.804. The van der Waals surface area contributed by atoms with Crippen molar-refractivity contribution in [1.29, 1.82) is 0 Å². The summed E-state index contributed by atoms with van der Waals surface area (Å²) >= 11 is 0. The molecule has 3 amide bonds. The zero-order valence-corrected chi connectivity index (χ0v) is 11.2. The molecule has 1 rings (SSSR count). The highest BCUT2D eigenvalue weighted by Crippen LogP contribution is 2.09. The van der Waals surface area contributed by atoms with Crippen molar-refractivity contribution in [3.05, 3.63) is 30.1 Å². The zero-order chi connectivity index (χ0) is 14.4. The van der Waals surface area contributed by atoms with Gasteiger partial charge in [0.2, 0.25) is 5.91 Å². The smallest absolute Gasteiger partial charge is 0.321 e. The highest BCUT2D eigenvalue weighted by molar-refractivity contribution is 5.98. The van der Waals surface area contributed by atoms with Crippen molar-refractivity contribution in [1.82, 2.24) is 10.6 Å². The second-order valence-electron chi connectivity index (χ2n) is 4.49. The van der Waals surface area contributed by atoms with Gasteiger partial charge in [0.1, 0.15) is 11.9 Å². The minimum Gasteiger partial charge on any atom is -0.374 e. The van der Waals surface area contributed by atoms with Crippen LogP contribution in [0.15, 0.2) is 24.3 Å². The van der Waals surface area contributed by atoms with Crippen molar-refractivity contribution < 1.29 is 14.0 Å². The normalized spacial score (nSPS) is 11.8. The molecule has 0 heterocycles. The van der Waals surface area contributed by atoms with Crippen LogP contribution in [0.3, 0.4) is 0 Å². The molecule has 1 atom stereocenters. The Hall–Kier alpha value is -2.11. The molecule has 0 saturated heterocycles. The van der Waals surface area contributed by atoms with Gasteiger partial charge in [0, 0.05) is 11.7 Å². The average molecular weight is 267 g/mol. The molecule has 0 aliphatic heterocycles. The van der Waals surface area contributed by atoms with Crippen LogP contribution in [0.25, 0.3) is 0 Å². The van der Waals surface area contributed by atoms with E-state index in [1.807, 2.05) is 0 Å². The molecule has 0 unspecified atom stereocenters. The van der Waals surface area contributed by atoms with Crippen LogP contribution in [-0.2, 0) is 4.79 Å². The quantitative estimate of drug-likeness (QED) is 0.780. The topological polar surface area (TPSA) is 70.2 Å². The minimum absolute atomic E-state index is 0.0480. The number of hydrogen-bond acceptors (Lipinski definition) is 3. The van der Waals surface area contributed by atoms with E-state index in [1.165, 1.54) is 24.3 Å². The molecule has 0 bridgehead atoms. The van der Waals surface area contributed by atoms with Gasteiger partial charge in [0.25, 0.3) is 0 Å². The van der Waals surface area contributed by atoms with Gasteiger partial charge in [-0.25, -0.2) is 9.18 Å². The molecule has 1 aromatic rings. The second kappa shape index (κ2) is 6.72. The molecular weight excluding hydrogens is 249 g/mol. The summed E-state index contributed by atoms with van der Waals surface area (Å²) in [4.78, 5) is 23.0. The highest BCUT2D eigenvalue weighted by Gasteiger charge is 2.15. The zero-order valence-electron chi connectivity index (χ0n) is 11.2. The van der Waals surface area contributed by atoms with Crippen LogP contribution in [-0.4, -0.2) is 24.0 Å².